The lowest BCUT2D eigenvalue weighted by molar-refractivity contribution is 0.340. The van der Waals surface area contributed by atoms with Gasteiger partial charge in [-0.1, -0.05) is 0 Å². The molecule has 2 rings (SSSR count). The molecule has 0 unspecified atom stereocenters. The standard InChI is InChI=1S/C14H20N2O/c1-5-17-11-6-7-14-12(8-11)13(9-15-3)10(2)16(14)4/h6-8,15H,5,9H2,1-4H3. The minimum absolute atomic E-state index is 0.707. The van der Waals surface area contributed by atoms with Gasteiger partial charge < -0.3 is 14.6 Å². The molecule has 0 spiro atoms. The Hall–Kier alpha value is -1.48. The molecule has 0 amide bonds. The maximum absolute atomic E-state index is 5.57. The van der Waals surface area contributed by atoms with Crippen LogP contribution in [0, 0.1) is 6.92 Å². The molecule has 17 heavy (non-hydrogen) atoms. The second kappa shape index (κ2) is 4.80. The molecule has 3 nitrogen and oxygen atoms in total. The second-order valence-electron chi connectivity index (χ2n) is 4.27. The maximum atomic E-state index is 5.57. The van der Waals surface area contributed by atoms with Crippen molar-refractivity contribution >= 4 is 10.9 Å². The van der Waals surface area contributed by atoms with E-state index in [2.05, 4.69) is 36.0 Å². The summed E-state index contributed by atoms with van der Waals surface area (Å²) < 4.78 is 7.80. The highest BCUT2D eigenvalue weighted by molar-refractivity contribution is 5.86. The van der Waals surface area contributed by atoms with E-state index < -0.39 is 0 Å². The number of benzene rings is 1. The van der Waals surface area contributed by atoms with Gasteiger partial charge in [0.05, 0.1) is 6.61 Å². The average molecular weight is 232 g/mol. The molecule has 2 aromatic rings. The predicted octanol–water partition coefficient (Wildman–Crippen LogP) is 2.60. The van der Waals surface area contributed by atoms with Crippen LogP contribution >= 0.6 is 0 Å². The summed E-state index contributed by atoms with van der Waals surface area (Å²) in [4.78, 5) is 0. The summed E-state index contributed by atoms with van der Waals surface area (Å²) in [7, 11) is 4.09. The highest BCUT2D eigenvalue weighted by Gasteiger charge is 2.11. The van der Waals surface area contributed by atoms with Crippen LogP contribution in [0.4, 0.5) is 0 Å². The number of fused-ring (bicyclic) bond motifs is 1. The maximum Gasteiger partial charge on any atom is 0.120 e. The highest BCUT2D eigenvalue weighted by Crippen LogP contribution is 2.28. The van der Waals surface area contributed by atoms with Crippen LogP contribution in [0.25, 0.3) is 10.9 Å². The molecule has 0 aliphatic heterocycles. The zero-order valence-electron chi connectivity index (χ0n) is 11.0. The van der Waals surface area contributed by atoms with E-state index in [1.54, 1.807) is 0 Å². The van der Waals surface area contributed by atoms with Gasteiger partial charge in [0.25, 0.3) is 0 Å². The largest absolute Gasteiger partial charge is 0.494 e. The van der Waals surface area contributed by atoms with Crippen molar-refractivity contribution in [2.24, 2.45) is 7.05 Å². The van der Waals surface area contributed by atoms with Gasteiger partial charge in [-0.05, 0) is 44.7 Å². The Kier molecular flexibility index (Phi) is 3.38. The Morgan fingerprint density at radius 2 is 2.12 bits per heavy atom. The first-order chi connectivity index (χ1) is 8.19. The van der Waals surface area contributed by atoms with Gasteiger partial charge in [0.2, 0.25) is 0 Å². The zero-order valence-corrected chi connectivity index (χ0v) is 11.0. The molecule has 0 saturated carbocycles. The van der Waals surface area contributed by atoms with E-state index in [4.69, 9.17) is 4.74 Å². The highest BCUT2D eigenvalue weighted by atomic mass is 16.5. The average Bonchev–Trinajstić information content (AvgIpc) is 2.55. The van der Waals surface area contributed by atoms with Crippen molar-refractivity contribution in [2.75, 3.05) is 13.7 Å². The molecular formula is C14H20N2O. The van der Waals surface area contributed by atoms with E-state index in [1.807, 2.05) is 20.0 Å². The van der Waals surface area contributed by atoms with Crippen LogP contribution in [-0.4, -0.2) is 18.2 Å². The normalized spacial score (nSPS) is 11.1. The van der Waals surface area contributed by atoms with Gasteiger partial charge in [0.15, 0.2) is 0 Å². The number of hydrogen-bond acceptors (Lipinski definition) is 2. The molecule has 0 bridgehead atoms. The molecule has 1 aromatic heterocycles. The fraction of sp³-hybridized carbons (Fsp3) is 0.429. The van der Waals surface area contributed by atoms with E-state index in [9.17, 15) is 0 Å². The lowest BCUT2D eigenvalue weighted by Gasteiger charge is -2.04. The van der Waals surface area contributed by atoms with Gasteiger partial charge in [-0.2, -0.15) is 0 Å². The van der Waals surface area contributed by atoms with Crippen LogP contribution in [0.2, 0.25) is 0 Å². The van der Waals surface area contributed by atoms with Gasteiger partial charge >= 0.3 is 0 Å². The minimum Gasteiger partial charge on any atom is -0.494 e. The van der Waals surface area contributed by atoms with Crippen molar-refractivity contribution in [2.45, 2.75) is 20.4 Å². The molecule has 1 N–H and O–H groups in total. The van der Waals surface area contributed by atoms with Gasteiger partial charge in [0, 0.05) is 30.2 Å². The minimum atomic E-state index is 0.707. The molecule has 0 saturated heterocycles. The predicted molar refractivity (Wildman–Crippen MR) is 71.6 cm³/mol. The third-order valence-electron chi connectivity index (χ3n) is 3.26. The summed E-state index contributed by atoms with van der Waals surface area (Å²) in [5, 5.41) is 4.51. The van der Waals surface area contributed by atoms with Crippen molar-refractivity contribution in [1.29, 1.82) is 0 Å². The number of aromatic nitrogens is 1. The summed E-state index contributed by atoms with van der Waals surface area (Å²) in [6.07, 6.45) is 0. The van der Waals surface area contributed by atoms with E-state index >= 15 is 0 Å². The Morgan fingerprint density at radius 3 is 2.76 bits per heavy atom. The van der Waals surface area contributed by atoms with Gasteiger partial charge in [-0.3, -0.25) is 0 Å². The number of rotatable bonds is 4. The van der Waals surface area contributed by atoms with Crippen LogP contribution in [0.1, 0.15) is 18.2 Å². The molecule has 0 aliphatic rings. The molecule has 1 aromatic carbocycles. The van der Waals surface area contributed by atoms with Crippen molar-refractivity contribution in [3.63, 3.8) is 0 Å². The van der Waals surface area contributed by atoms with E-state index in [0.717, 1.165) is 12.3 Å². The Morgan fingerprint density at radius 1 is 1.35 bits per heavy atom. The molecule has 0 atom stereocenters. The quantitative estimate of drug-likeness (QED) is 0.877. The van der Waals surface area contributed by atoms with Crippen molar-refractivity contribution in [1.82, 2.24) is 9.88 Å². The Labute approximate surface area is 102 Å². The van der Waals surface area contributed by atoms with Crippen molar-refractivity contribution in [3.05, 3.63) is 29.5 Å². The first-order valence-electron chi connectivity index (χ1n) is 6.04. The lowest BCUT2D eigenvalue weighted by Crippen LogP contribution is -2.06. The molecule has 1 heterocycles. The third kappa shape index (κ3) is 2.03. The van der Waals surface area contributed by atoms with Crippen LogP contribution in [-0.2, 0) is 13.6 Å². The number of aryl methyl sites for hydroxylation is 1. The third-order valence-corrected chi connectivity index (χ3v) is 3.26. The van der Waals surface area contributed by atoms with Gasteiger partial charge in [-0.15, -0.1) is 0 Å². The summed E-state index contributed by atoms with van der Waals surface area (Å²) in [5.74, 6) is 0.947. The number of nitrogens with one attached hydrogen (secondary N) is 1. The number of nitrogens with zero attached hydrogens (tertiary/aromatic N) is 1. The van der Waals surface area contributed by atoms with E-state index in [1.165, 1.54) is 22.2 Å². The molecule has 0 aliphatic carbocycles. The smallest absolute Gasteiger partial charge is 0.120 e. The molecule has 3 heteroatoms. The summed E-state index contributed by atoms with van der Waals surface area (Å²) in [6.45, 7) is 5.76. The summed E-state index contributed by atoms with van der Waals surface area (Å²) >= 11 is 0. The number of hydrogen-bond donors (Lipinski definition) is 1. The van der Waals surface area contributed by atoms with Crippen molar-refractivity contribution < 1.29 is 4.74 Å². The molecular weight excluding hydrogens is 212 g/mol. The van der Waals surface area contributed by atoms with Crippen LogP contribution in [0.3, 0.4) is 0 Å². The first-order valence-corrected chi connectivity index (χ1v) is 6.04. The van der Waals surface area contributed by atoms with Crippen LogP contribution in [0.15, 0.2) is 18.2 Å². The molecule has 0 radical (unpaired) electrons. The van der Waals surface area contributed by atoms with Gasteiger partial charge in [-0.25, -0.2) is 0 Å². The summed E-state index contributed by atoms with van der Waals surface area (Å²) in [5.41, 5.74) is 3.92. The SMILES string of the molecule is CCOc1ccc2c(c1)c(CNC)c(C)n2C. The fourth-order valence-corrected chi connectivity index (χ4v) is 2.28. The van der Waals surface area contributed by atoms with E-state index in [0.29, 0.717) is 6.61 Å². The molecule has 0 fully saturated rings. The fourth-order valence-electron chi connectivity index (χ4n) is 2.28. The Bertz CT molecular complexity index is 528. The lowest BCUT2D eigenvalue weighted by atomic mass is 10.1. The monoisotopic (exact) mass is 232 g/mol. The summed E-state index contributed by atoms with van der Waals surface area (Å²) in [6, 6.07) is 6.30. The zero-order chi connectivity index (χ0) is 12.4. The van der Waals surface area contributed by atoms with Crippen LogP contribution < -0.4 is 10.1 Å². The molecule has 92 valence electrons. The topological polar surface area (TPSA) is 26.2 Å². The van der Waals surface area contributed by atoms with Crippen LogP contribution in [0.5, 0.6) is 5.75 Å². The number of ether oxygens (including phenoxy) is 1. The second-order valence-corrected chi connectivity index (χ2v) is 4.27. The first kappa shape index (κ1) is 12.0. The van der Waals surface area contributed by atoms with E-state index in [-0.39, 0.29) is 0 Å². The Balaban J connectivity index is 2.61. The van der Waals surface area contributed by atoms with Crippen molar-refractivity contribution in [3.8, 4) is 5.75 Å². The van der Waals surface area contributed by atoms with Gasteiger partial charge in [0.1, 0.15) is 5.75 Å².